The van der Waals surface area contributed by atoms with Crippen LogP contribution in [0.3, 0.4) is 0 Å². The second-order valence-corrected chi connectivity index (χ2v) is 5.96. The molecule has 1 atom stereocenters. The molecule has 5 heteroatoms. The number of hydrogen-bond acceptors (Lipinski definition) is 4. The van der Waals surface area contributed by atoms with Crippen LogP contribution < -0.4 is 15.8 Å². The summed E-state index contributed by atoms with van der Waals surface area (Å²) in [6, 6.07) is 2.13. The molecule has 1 saturated carbocycles. The molecule has 1 aliphatic heterocycles. The summed E-state index contributed by atoms with van der Waals surface area (Å²) < 4.78 is 0. The maximum absolute atomic E-state index is 11.8. The van der Waals surface area contributed by atoms with E-state index in [0.717, 1.165) is 50.5 Å². The van der Waals surface area contributed by atoms with Crippen molar-refractivity contribution in [1.29, 1.82) is 0 Å². The minimum atomic E-state index is -0.0101. The van der Waals surface area contributed by atoms with E-state index in [0.29, 0.717) is 12.0 Å². The number of anilines is 1. The average Bonchev–Trinajstić information content (AvgIpc) is 3.18. The van der Waals surface area contributed by atoms with Crippen molar-refractivity contribution in [2.75, 3.05) is 24.5 Å². The lowest BCUT2D eigenvalue weighted by atomic mass is 10.2. The van der Waals surface area contributed by atoms with Gasteiger partial charge in [0.15, 0.2) is 0 Å². The Balaban J connectivity index is 1.74. The summed E-state index contributed by atoms with van der Waals surface area (Å²) in [6.45, 7) is 5.24. The molecule has 1 aromatic heterocycles. The van der Waals surface area contributed by atoms with Crippen molar-refractivity contribution >= 4 is 5.82 Å². The smallest absolute Gasteiger partial charge is 0.252 e. The zero-order valence-electron chi connectivity index (χ0n) is 12.2. The first-order valence-electron chi connectivity index (χ1n) is 7.86. The normalized spacial score (nSPS) is 22.4. The molecule has 1 saturated heterocycles. The zero-order chi connectivity index (χ0) is 13.9. The lowest BCUT2D eigenvalue weighted by Gasteiger charge is -2.26. The van der Waals surface area contributed by atoms with Crippen LogP contribution >= 0.6 is 0 Å². The van der Waals surface area contributed by atoms with Gasteiger partial charge in [0.25, 0.3) is 5.56 Å². The standard InChI is InChI=1S/C15H24N4O/c1-2-7-16-10-12-4-3-8-19(12)13-9-14(20)18-15(17-13)11-5-6-11/h9,11-12,16H,2-8,10H2,1H3,(H,17,18,20). The van der Waals surface area contributed by atoms with Gasteiger partial charge in [-0.1, -0.05) is 6.92 Å². The Kier molecular flexibility index (Phi) is 4.05. The molecule has 0 amide bonds. The highest BCUT2D eigenvalue weighted by atomic mass is 16.1. The Bertz CT molecular complexity index is 509. The predicted octanol–water partition coefficient (Wildman–Crippen LogP) is 1.62. The summed E-state index contributed by atoms with van der Waals surface area (Å²) in [5.41, 5.74) is -0.0101. The van der Waals surface area contributed by atoms with Crippen LogP contribution in [0.4, 0.5) is 5.82 Å². The van der Waals surface area contributed by atoms with Crippen molar-refractivity contribution in [3.05, 3.63) is 22.2 Å². The molecule has 110 valence electrons. The van der Waals surface area contributed by atoms with Crippen molar-refractivity contribution in [2.24, 2.45) is 0 Å². The van der Waals surface area contributed by atoms with Gasteiger partial charge in [-0.2, -0.15) is 0 Å². The molecule has 1 unspecified atom stereocenters. The largest absolute Gasteiger partial charge is 0.352 e. The molecule has 2 fully saturated rings. The average molecular weight is 276 g/mol. The van der Waals surface area contributed by atoms with Gasteiger partial charge in [0, 0.05) is 31.1 Å². The fourth-order valence-corrected chi connectivity index (χ4v) is 2.96. The van der Waals surface area contributed by atoms with Crippen LogP contribution in [0, 0.1) is 0 Å². The van der Waals surface area contributed by atoms with Crippen LogP contribution in [-0.4, -0.2) is 35.6 Å². The number of aromatic amines is 1. The van der Waals surface area contributed by atoms with Gasteiger partial charge < -0.3 is 15.2 Å². The van der Waals surface area contributed by atoms with Crippen LogP contribution in [0.15, 0.2) is 10.9 Å². The Morgan fingerprint density at radius 1 is 1.45 bits per heavy atom. The van der Waals surface area contributed by atoms with E-state index in [-0.39, 0.29) is 5.56 Å². The van der Waals surface area contributed by atoms with Gasteiger partial charge in [0.05, 0.1) is 0 Å². The third-order valence-corrected chi connectivity index (χ3v) is 4.19. The van der Waals surface area contributed by atoms with Crippen molar-refractivity contribution in [3.63, 3.8) is 0 Å². The lowest BCUT2D eigenvalue weighted by Crippen LogP contribution is -2.39. The van der Waals surface area contributed by atoms with E-state index < -0.39 is 0 Å². The fourth-order valence-electron chi connectivity index (χ4n) is 2.96. The summed E-state index contributed by atoms with van der Waals surface area (Å²) in [5, 5.41) is 3.49. The van der Waals surface area contributed by atoms with Gasteiger partial charge in [-0.05, 0) is 38.6 Å². The van der Waals surface area contributed by atoms with Gasteiger partial charge in [-0.25, -0.2) is 4.98 Å². The molecule has 1 aromatic rings. The molecule has 0 bridgehead atoms. The van der Waals surface area contributed by atoms with E-state index in [9.17, 15) is 4.79 Å². The number of nitrogens with zero attached hydrogens (tertiary/aromatic N) is 2. The highest BCUT2D eigenvalue weighted by Crippen LogP contribution is 2.38. The van der Waals surface area contributed by atoms with Gasteiger partial charge in [-0.15, -0.1) is 0 Å². The lowest BCUT2D eigenvalue weighted by molar-refractivity contribution is 0.567. The highest BCUT2D eigenvalue weighted by Gasteiger charge is 2.29. The SMILES string of the molecule is CCCNCC1CCCN1c1cc(=O)[nH]c(C2CC2)n1. The Morgan fingerprint density at radius 2 is 2.30 bits per heavy atom. The predicted molar refractivity (Wildman–Crippen MR) is 80.4 cm³/mol. The Labute approximate surface area is 119 Å². The van der Waals surface area contributed by atoms with Gasteiger partial charge in [0.2, 0.25) is 0 Å². The van der Waals surface area contributed by atoms with Crippen LogP contribution in [0.5, 0.6) is 0 Å². The maximum Gasteiger partial charge on any atom is 0.252 e. The summed E-state index contributed by atoms with van der Waals surface area (Å²) in [6.07, 6.45) is 5.85. The first kappa shape index (κ1) is 13.6. The third kappa shape index (κ3) is 3.03. The molecule has 0 radical (unpaired) electrons. The number of hydrogen-bond donors (Lipinski definition) is 2. The van der Waals surface area contributed by atoms with Crippen LogP contribution in [-0.2, 0) is 0 Å². The fraction of sp³-hybridized carbons (Fsp3) is 0.733. The second kappa shape index (κ2) is 5.95. The molecule has 5 nitrogen and oxygen atoms in total. The summed E-state index contributed by atoms with van der Waals surface area (Å²) >= 11 is 0. The molecular formula is C15H24N4O. The van der Waals surface area contributed by atoms with Gasteiger partial charge in [-0.3, -0.25) is 4.79 Å². The third-order valence-electron chi connectivity index (χ3n) is 4.19. The van der Waals surface area contributed by atoms with Crippen molar-refractivity contribution in [1.82, 2.24) is 15.3 Å². The molecular weight excluding hydrogens is 252 g/mol. The van der Waals surface area contributed by atoms with Crippen LogP contribution in [0.2, 0.25) is 0 Å². The molecule has 1 aliphatic carbocycles. The van der Waals surface area contributed by atoms with Gasteiger partial charge >= 0.3 is 0 Å². The minimum Gasteiger partial charge on any atom is -0.352 e. The summed E-state index contributed by atoms with van der Waals surface area (Å²) in [7, 11) is 0. The second-order valence-electron chi connectivity index (χ2n) is 5.96. The molecule has 2 aliphatic rings. The van der Waals surface area contributed by atoms with E-state index in [1.54, 1.807) is 6.07 Å². The molecule has 0 spiro atoms. The zero-order valence-corrected chi connectivity index (χ0v) is 12.2. The molecule has 0 aromatic carbocycles. The monoisotopic (exact) mass is 276 g/mol. The van der Waals surface area contributed by atoms with Gasteiger partial charge in [0.1, 0.15) is 11.6 Å². The van der Waals surface area contributed by atoms with E-state index >= 15 is 0 Å². The summed E-state index contributed by atoms with van der Waals surface area (Å²) in [5.74, 6) is 2.25. The number of nitrogens with one attached hydrogen (secondary N) is 2. The molecule has 2 heterocycles. The van der Waals surface area contributed by atoms with Crippen molar-refractivity contribution in [2.45, 2.75) is 51.0 Å². The topological polar surface area (TPSA) is 61.0 Å². The maximum atomic E-state index is 11.8. The quantitative estimate of drug-likeness (QED) is 0.775. The molecule has 3 rings (SSSR count). The minimum absolute atomic E-state index is 0.0101. The molecule has 20 heavy (non-hydrogen) atoms. The van der Waals surface area contributed by atoms with Crippen LogP contribution in [0.25, 0.3) is 0 Å². The molecule has 2 N–H and O–H groups in total. The van der Waals surface area contributed by atoms with E-state index in [1.165, 1.54) is 12.8 Å². The highest BCUT2D eigenvalue weighted by molar-refractivity contribution is 5.41. The Morgan fingerprint density at radius 3 is 3.05 bits per heavy atom. The number of rotatable bonds is 6. The van der Waals surface area contributed by atoms with Crippen molar-refractivity contribution in [3.8, 4) is 0 Å². The summed E-state index contributed by atoms with van der Waals surface area (Å²) in [4.78, 5) is 21.7. The first-order chi connectivity index (χ1) is 9.78. The van der Waals surface area contributed by atoms with E-state index in [1.807, 2.05) is 0 Å². The van der Waals surface area contributed by atoms with E-state index in [2.05, 4.69) is 22.1 Å². The first-order valence-corrected chi connectivity index (χ1v) is 7.86. The number of aromatic nitrogens is 2. The van der Waals surface area contributed by atoms with Crippen molar-refractivity contribution < 1.29 is 0 Å². The Hall–Kier alpha value is -1.36. The van der Waals surface area contributed by atoms with Crippen LogP contribution in [0.1, 0.15) is 50.8 Å². The number of H-pyrrole nitrogens is 1. The van der Waals surface area contributed by atoms with E-state index in [4.69, 9.17) is 4.98 Å².